The Labute approximate surface area is 121 Å². The van der Waals surface area contributed by atoms with Crippen LogP contribution in [0.25, 0.3) is 0 Å². The Morgan fingerprint density at radius 1 is 1.50 bits per heavy atom. The molecule has 0 radical (unpaired) electrons. The van der Waals surface area contributed by atoms with Crippen molar-refractivity contribution in [2.24, 2.45) is 5.92 Å². The molecule has 0 unspecified atom stereocenters. The van der Waals surface area contributed by atoms with Crippen LogP contribution in [-0.2, 0) is 4.79 Å². The number of amides is 1. The fourth-order valence-corrected chi connectivity index (χ4v) is 2.86. The monoisotopic (exact) mass is 298 g/mol. The number of anilines is 1. The average Bonchev–Trinajstić information content (AvgIpc) is 3.15. The second-order valence-corrected chi connectivity index (χ2v) is 6.13. The van der Waals surface area contributed by atoms with Gasteiger partial charge >= 0.3 is 0 Å². The molecule has 1 aliphatic heterocycles. The molecule has 0 aromatic heterocycles. The number of aliphatic hydroxyl groups is 1. The molecule has 2 N–H and O–H groups in total. The van der Waals surface area contributed by atoms with Crippen LogP contribution in [-0.4, -0.2) is 41.1 Å². The van der Waals surface area contributed by atoms with Crippen LogP contribution in [0.4, 0.5) is 10.1 Å². The standard InChI is InChI=1S/C14H16ClFN2O2/c15-10-3-4-12(11(16)5-10)17-13(19)6-18-7-14(20,8-18)9-1-2-9/h3-5,9,20H,1-2,6-8H2,(H,17,19). The predicted octanol–water partition coefficient (Wildman–Crippen LogP) is 1.87. The van der Waals surface area contributed by atoms with Gasteiger partial charge in [-0.05, 0) is 37.0 Å². The zero-order valence-corrected chi connectivity index (χ0v) is 11.7. The molecule has 0 atom stereocenters. The van der Waals surface area contributed by atoms with Crippen LogP contribution in [0.3, 0.4) is 0 Å². The van der Waals surface area contributed by atoms with Gasteiger partial charge in [-0.2, -0.15) is 0 Å². The summed E-state index contributed by atoms with van der Waals surface area (Å²) in [5.41, 5.74) is -0.483. The van der Waals surface area contributed by atoms with E-state index in [-0.39, 0.29) is 23.2 Å². The highest BCUT2D eigenvalue weighted by Gasteiger charge is 2.51. The highest BCUT2D eigenvalue weighted by atomic mass is 35.5. The van der Waals surface area contributed by atoms with E-state index in [4.69, 9.17) is 11.6 Å². The fraction of sp³-hybridized carbons (Fsp3) is 0.500. The van der Waals surface area contributed by atoms with E-state index < -0.39 is 11.4 Å². The molecule has 6 heteroatoms. The van der Waals surface area contributed by atoms with Crippen LogP contribution in [0.1, 0.15) is 12.8 Å². The molecule has 2 fully saturated rings. The van der Waals surface area contributed by atoms with E-state index >= 15 is 0 Å². The quantitative estimate of drug-likeness (QED) is 0.892. The lowest BCUT2D eigenvalue weighted by atomic mass is 9.89. The van der Waals surface area contributed by atoms with Gasteiger partial charge in [-0.1, -0.05) is 11.6 Å². The molecule has 1 heterocycles. The number of β-amino-alcohol motifs (C(OH)–C–C–N with tert-alkyl or cyclic N) is 1. The van der Waals surface area contributed by atoms with Crippen molar-refractivity contribution in [3.63, 3.8) is 0 Å². The number of carbonyl (C=O) groups is 1. The molecule has 1 saturated heterocycles. The first kappa shape index (κ1) is 13.8. The smallest absolute Gasteiger partial charge is 0.238 e. The van der Waals surface area contributed by atoms with Gasteiger partial charge in [0, 0.05) is 18.1 Å². The molecule has 1 saturated carbocycles. The summed E-state index contributed by atoms with van der Waals surface area (Å²) in [6.07, 6.45) is 2.15. The van der Waals surface area contributed by atoms with Crippen LogP contribution in [0.15, 0.2) is 18.2 Å². The average molecular weight is 299 g/mol. The van der Waals surface area contributed by atoms with Gasteiger partial charge in [-0.15, -0.1) is 0 Å². The Hall–Kier alpha value is -1.17. The summed E-state index contributed by atoms with van der Waals surface area (Å²) < 4.78 is 13.5. The zero-order valence-electron chi connectivity index (χ0n) is 10.9. The van der Waals surface area contributed by atoms with Gasteiger partial charge in [0.05, 0.1) is 17.8 Å². The summed E-state index contributed by atoms with van der Waals surface area (Å²) in [5.74, 6) is -0.441. The largest absolute Gasteiger partial charge is 0.387 e. The topological polar surface area (TPSA) is 52.6 Å². The van der Waals surface area contributed by atoms with E-state index in [9.17, 15) is 14.3 Å². The molecule has 2 aliphatic rings. The molecule has 1 aliphatic carbocycles. The summed E-state index contributed by atoms with van der Waals surface area (Å²) in [7, 11) is 0. The summed E-state index contributed by atoms with van der Waals surface area (Å²) >= 11 is 5.65. The van der Waals surface area contributed by atoms with Gasteiger partial charge in [0.15, 0.2) is 0 Å². The van der Waals surface area contributed by atoms with Crippen molar-refractivity contribution in [2.45, 2.75) is 18.4 Å². The number of benzene rings is 1. The van der Waals surface area contributed by atoms with Gasteiger partial charge in [0.1, 0.15) is 5.82 Å². The SMILES string of the molecule is O=C(CN1CC(O)(C2CC2)C1)Nc1ccc(Cl)cc1F. The third kappa shape index (κ3) is 2.80. The predicted molar refractivity (Wildman–Crippen MR) is 74.2 cm³/mol. The van der Waals surface area contributed by atoms with Gasteiger partial charge in [0.2, 0.25) is 5.91 Å². The number of nitrogens with one attached hydrogen (secondary N) is 1. The third-order valence-electron chi connectivity index (χ3n) is 3.90. The molecule has 1 aromatic carbocycles. The van der Waals surface area contributed by atoms with Gasteiger partial charge in [0.25, 0.3) is 0 Å². The highest BCUT2D eigenvalue weighted by Crippen LogP contribution is 2.44. The maximum atomic E-state index is 13.5. The van der Waals surface area contributed by atoms with E-state index in [1.54, 1.807) is 0 Å². The highest BCUT2D eigenvalue weighted by molar-refractivity contribution is 6.30. The zero-order chi connectivity index (χ0) is 14.3. The molecule has 20 heavy (non-hydrogen) atoms. The van der Waals surface area contributed by atoms with E-state index in [0.717, 1.165) is 18.9 Å². The van der Waals surface area contributed by atoms with Crippen molar-refractivity contribution < 1.29 is 14.3 Å². The summed E-state index contributed by atoms with van der Waals surface area (Å²) in [6.45, 7) is 1.21. The van der Waals surface area contributed by atoms with Crippen molar-refractivity contribution in [1.82, 2.24) is 4.90 Å². The minimum Gasteiger partial charge on any atom is -0.387 e. The number of likely N-dealkylation sites (tertiary alicyclic amines) is 1. The summed E-state index contributed by atoms with van der Waals surface area (Å²) in [5, 5.41) is 13.0. The summed E-state index contributed by atoms with van der Waals surface area (Å²) in [6, 6.07) is 4.12. The first-order valence-corrected chi connectivity index (χ1v) is 7.04. The summed E-state index contributed by atoms with van der Waals surface area (Å²) in [4.78, 5) is 13.7. The van der Waals surface area contributed by atoms with Crippen molar-refractivity contribution in [3.8, 4) is 0 Å². The van der Waals surface area contributed by atoms with Crippen LogP contribution in [0.2, 0.25) is 5.02 Å². The molecule has 1 amide bonds. The van der Waals surface area contributed by atoms with Crippen LogP contribution in [0, 0.1) is 11.7 Å². The lowest BCUT2D eigenvalue weighted by Crippen LogP contribution is -2.64. The van der Waals surface area contributed by atoms with E-state index in [1.807, 2.05) is 4.90 Å². The number of hydrogen-bond acceptors (Lipinski definition) is 3. The van der Waals surface area contributed by atoms with E-state index in [1.165, 1.54) is 12.1 Å². The normalized spacial score (nSPS) is 21.4. The lowest BCUT2D eigenvalue weighted by Gasteiger charge is -2.46. The maximum absolute atomic E-state index is 13.5. The Morgan fingerprint density at radius 3 is 2.80 bits per heavy atom. The lowest BCUT2D eigenvalue weighted by molar-refractivity contribution is -0.132. The first-order valence-electron chi connectivity index (χ1n) is 6.66. The minimum atomic E-state index is -0.605. The number of carbonyl (C=O) groups excluding carboxylic acids is 1. The van der Waals surface area contributed by atoms with Crippen LogP contribution in [0.5, 0.6) is 0 Å². The maximum Gasteiger partial charge on any atom is 0.238 e. The Bertz CT molecular complexity index is 542. The molecule has 0 spiro atoms. The molecule has 0 bridgehead atoms. The van der Waals surface area contributed by atoms with Gasteiger partial charge in [-0.25, -0.2) is 4.39 Å². The fourth-order valence-electron chi connectivity index (χ4n) is 2.70. The minimum absolute atomic E-state index is 0.123. The van der Waals surface area contributed by atoms with E-state index in [0.29, 0.717) is 19.0 Å². The second-order valence-electron chi connectivity index (χ2n) is 5.70. The van der Waals surface area contributed by atoms with Crippen molar-refractivity contribution in [2.75, 3.05) is 25.0 Å². The van der Waals surface area contributed by atoms with Crippen LogP contribution < -0.4 is 5.32 Å². The number of rotatable bonds is 4. The molecule has 4 nitrogen and oxygen atoms in total. The van der Waals surface area contributed by atoms with Gasteiger partial charge < -0.3 is 10.4 Å². The number of halogens is 2. The van der Waals surface area contributed by atoms with Crippen molar-refractivity contribution in [1.29, 1.82) is 0 Å². The van der Waals surface area contributed by atoms with E-state index in [2.05, 4.69) is 5.32 Å². The Balaban J connectivity index is 1.50. The first-order chi connectivity index (χ1) is 9.46. The molecule has 108 valence electrons. The van der Waals surface area contributed by atoms with Crippen molar-refractivity contribution in [3.05, 3.63) is 29.0 Å². The molecule has 3 rings (SSSR count). The second kappa shape index (κ2) is 4.98. The third-order valence-corrected chi connectivity index (χ3v) is 4.14. The number of nitrogens with zero attached hydrogens (tertiary/aromatic N) is 1. The Morgan fingerprint density at radius 2 is 2.20 bits per heavy atom. The molecular formula is C14H16ClFN2O2. The molecule has 1 aromatic rings. The molecular weight excluding hydrogens is 283 g/mol. The van der Waals surface area contributed by atoms with Gasteiger partial charge in [-0.3, -0.25) is 9.69 Å². The van der Waals surface area contributed by atoms with Crippen molar-refractivity contribution >= 4 is 23.2 Å². The Kier molecular flexibility index (Phi) is 3.44. The van der Waals surface area contributed by atoms with Crippen LogP contribution >= 0.6 is 11.6 Å². The number of hydrogen-bond donors (Lipinski definition) is 2.